The summed E-state index contributed by atoms with van der Waals surface area (Å²) in [5, 5.41) is 15.7. The van der Waals surface area contributed by atoms with Crippen molar-refractivity contribution in [2.45, 2.75) is 12.8 Å². The number of carbonyl (C=O) groups is 1. The SMILES string of the molecule is O=C(O)c1cccc(CCCOc2ccc(-c3ccn[nH]3)nc2)c1. The summed E-state index contributed by atoms with van der Waals surface area (Å²) in [4.78, 5) is 15.3. The lowest BCUT2D eigenvalue weighted by Gasteiger charge is -2.07. The van der Waals surface area contributed by atoms with Crippen LogP contribution in [0, 0.1) is 0 Å². The number of aryl methyl sites for hydroxylation is 1. The highest BCUT2D eigenvalue weighted by Crippen LogP contribution is 2.17. The van der Waals surface area contributed by atoms with Gasteiger partial charge in [0.15, 0.2) is 0 Å². The average molecular weight is 323 g/mol. The molecule has 2 N–H and O–H groups in total. The number of H-pyrrole nitrogens is 1. The Morgan fingerprint density at radius 1 is 1.21 bits per heavy atom. The number of hydrogen-bond donors (Lipinski definition) is 2. The third kappa shape index (κ3) is 3.98. The van der Waals surface area contributed by atoms with Crippen molar-refractivity contribution in [1.29, 1.82) is 0 Å². The maximum absolute atomic E-state index is 10.9. The van der Waals surface area contributed by atoms with Crippen LogP contribution in [0.5, 0.6) is 5.75 Å². The highest BCUT2D eigenvalue weighted by Gasteiger charge is 2.04. The van der Waals surface area contributed by atoms with E-state index in [0.29, 0.717) is 17.9 Å². The number of nitrogens with one attached hydrogen (secondary N) is 1. The molecule has 6 heteroatoms. The Bertz CT molecular complexity index is 799. The first-order valence-electron chi connectivity index (χ1n) is 7.63. The van der Waals surface area contributed by atoms with Crippen LogP contribution in [0.1, 0.15) is 22.3 Å². The van der Waals surface area contributed by atoms with E-state index in [2.05, 4.69) is 15.2 Å². The van der Waals surface area contributed by atoms with Crippen LogP contribution in [0.4, 0.5) is 0 Å². The smallest absolute Gasteiger partial charge is 0.335 e. The molecule has 0 saturated carbocycles. The number of rotatable bonds is 7. The first-order chi connectivity index (χ1) is 11.7. The minimum Gasteiger partial charge on any atom is -0.492 e. The van der Waals surface area contributed by atoms with Gasteiger partial charge < -0.3 is 9.84 Å². The Morgan fingerprint density at radius 3 is 2.83 bits per heavy atom. The van der Waals surface area contributed by atoms with Crippen molar-refractivity contribution in [2.75, 3.05) is 6.61 Å². The first kappa shape index (κ1) is 15.7. The van der Waals surface area contributed by atoms with Crippen molar-refractivity contribution in [3.63, 3.8) is 0 Å². The normalized spacial score (nSPS) is 10.5. The van der Waals surface area contributed by atoms with Crippen LogP contribution in [0.3, 0.4) is 0 Å². The number of ether oxygens (including phenoxy) is 1. The van der Waals surface area contributed by atoms with Crippen LogP contribution in [0.15, 0.2) is 54.9 Å². The fourth-order valence-corrected chi connectivity index (χ4v) is 2.35. The van der Waals surface area contributed by atoms with E-state index in [9.17, 15) is 4.79 Å². The average Bonchev–Trinajstić information content (AvgIpc) is 3.14. The quantitative estimate of drug-likeness (QED) is 0.652. The molecule has 0 aliphatic heterocycles. The molecule has 6 nitrogen and oxygen atoms in total. The van der Waals surface area contributed by atoms with Gasteiger partial charge in [-0.25, -0.2) is 4.79 Å². The van der Waals surface area contributed by atoms with E-state index in [1.807, 2.05) is 24.3 Å². The largest absolute Gasteiger partial charge is 0.492 e. The molecule has 122 valence electrons. The number of aromatic nitrogens is 3. The van der Waals surface area contributed by atoms with Gasteiger partial charge in [-0.05, 0) is 48.7 Å². The molecule has 3 aromatic rings. The second-order valence-electron chi connectivity index (χ2n) is 5.31. The molecule has 0 radical (unpaired) electrons. The molecule has 2 heterocycles. The number of hydrogen-bond acceptors (Lipinski definition) is 4. The fourth-order valence-electron chi connectivity index (χ4n) is 2.35. The van der Waals surface area contributed by atoms with E-state index >= 15 is 0 Å². The van der Waals surface area contributed by atoms with E-state index in [1.54, 1.807) is 30.6 Å². The van der Waals surface area contributed by atoms with Crippen LogP contribution in [-0.2, 0) is 6.42 Å². The predicted molar refractivity (Wildman–Crippen MR) is 89.0 cm³/mol. The molecular weight excluding hydrogens is 306 g/mol. The molecule has 0 spiro atoms. The number of aromatic carboxylic acids is 1. The summed E-state index contributed by atoms with van der Waals surface area (Å²) in [5.41, 5.74) is 2.98. The minimum atomic E-state index is -0.906. The van der Waals surface area contributed by atoms with Gasteiger partial charge >= 0.3 is 5.97 Å². The second kappa shape index (κ2) is 7.41. The number of aromatic amines is 1. The molecule has 3 rings (SSSR count). The Hall–Kier alpha value is -3.15. The van der Waals surface area contributed by atoms with Gasteiger partial charge in [0.2, 0.25) is 0 Å². The zero-order valence-corrected chi connectivity index (χ0v) is 13.0. The number of carboxylic acids is 1. The van der Waals surface area contributed by atoms with Crippen molar-refractivity contribution < 1.29 is 14.6 Å². The van der Waals surface area contributed by atoms with Crippen molar-refractivity contribution in [3.8, 4) is 17.1 Å². The molecule has 0 saturated heterocycles. The number of pyridine rings is 1. The summed E-state index contributed by atoms with van der Waals surface area (Å²) in [6.07, 6.45) is 4.92. The standard InChI is InChI=1S/C18H17N3O3/c22-18(23)14-5-1-3-13(11-14)4-2-10-24-15-6-7-16(19-12-15)17-8-9-20-21-17/h1,3,5-9,11-12H,2,4,10H2,(H,20,21)(H,22,23). The summed E-state index contributed by atoms with van der Waals surface area (Å²) in [6.45, 7) is 0.544. The van der Waals surface area contributed by atoms with E-state index < -0.39 is 5.97 Å². The third-order valence-corrected chi connectivity index (χ3v) is 3.57. The van der Waals surface area contributed by atoms with Crippen molar-refractivity contribution in [3.05, 3.63) is 66.0 Å². The lowest BCUT2D eigenvalue weighted by Crippen LogP contribution is -2.01. The number of benzene rings is 1. The Kier molecular flexibility index (Phi) is 4.86. The van der Waals surface area contributed by atoms with E-state index in [1.165, 1.54) is 0 Å². The van der Waals surface area contributed by atoms with Gasteiger partial charge in [0.1, 0.15) is 5.75 Å². The van der Waals surface area contributed by atoms with E-state index in [0.717, 1.165) is 29.8 Å². The number of carboxylic acid groups (broad SMARTS) is 1. The molecule has 1 aromatic carbocycles. The zero-order valence-electron chi connectivity index (χ0n) is 13.0. The lowest BCUT2D eigenvalue weighted by atomic mass is 10.1. The van der Waals surface area contributed by atoms with Crippen LogP contribution in [0.2, 0.25) is 0 Å². The fraction of sp³-hybridized carbons (Fsp3) is 0.167. The molecule has 0 atom stereocenters. The second-order valence-corrected chi connectivity index (χ2v) is 5.31. The van der Waals surface area contributed by atoms with Crippen LogP contribution < -0.4 is 4.74 Å². The Labute approximate surface area is 139 Å². The molecule has 2 aromatic heterocycles. The Balaban J connectivity index is 1.48. The van der Waals surface area contributed by atoms with Gasteiger partial charge in [-0.1, -0.05) is 12.1 Å². The van der Waals surface area contributed by atoms with Gasteiger partial charge in [-0.15, -0.1) is 0 Å². The van der Waals surface area contributed by atoms with Crippen molar-refractivity contribution >= 4 is 5.97 Å². The van der Waals surface area contributed by atoms with E-state index in [-0.39, 0.29) is 0 Å². The summed E-state index contributed by atoms with van der Waals surface area (Å²) in [7, 11) is 0. The van der Waals surface area contributed by atoms with Gasteiger partial charge in [-0.3, -0.25) is 10.1 Å². The van der Waals surface area contributed by atoms with Gasteiger partial charge in [0.05, 0.1) is 29.8 Å². The van der Waals surface area contributed by atoms with Crippen LogP contribution >= 0.6 is 0 Å². The molecule has 24 heavy (non-hydrogen) atoms. The zero-order chi connectivity index (χ0) is 16.8. The summed E-state index contributed by atoms with van der Waals surface area (Å²) >= 11 is 0. The summed E-state index contributed by atoms with van der Waals surface area (Å²) < 4.78 is 5.67. The highest BCUT2D eigenvalue weighted by molar-refractivity contribution is 5.87. The Morgan fingerprint density at radius 2 is 2.12 bits per heavy atom. The van der Waals surface area contributed by atoms with Crippen molar-refractivity contribution in [1.82, 2.24) is 15.2 Å². The predicted octanol–water partition coefficient (Wildman–Crippen LogP) is 3.18. The lowest BCUT2D eigenvalue weighted by molar-refractivity contribution is 0.0696. The highest BCUT2D eigenvalue weighted by atomic mass is 16.5. The van der Waals surface area contributed by atoms with Crippen molar-refractivity contribution in [2.24, 2.45) is 0 Å². The van der Waals surface area contributed by atoms with Crippen LogP contribution in [-0.4, -0.2) is 32.9 Å². The first-order valence-corrected chi connectivity index (χ1v) is 7.63. The number of nitrogens with zero attached hydrogens (tertiary/aromatic N) is 2. The molecule has 0 bridgehead atoms. The summed E-state index contributed by atoms with van der Waals surface area (Å²) in [6, 6.07) is 12.6. The molecule has 0 unspecified atom stereocenters. The topological polar surface area (TPSA) is 88.1 Å². The van der Waals surface area contributed by atoms with Crippen LogP contribution in [0.25, 0.3) is 11.4 Å². The molecular formula is C18H17N3O3. The third-order valence-electron chi connectivity index (χ3n) is 3.57. The summed E-state index contributed by atoms with van der Waals surface area (Å²) in [5.74, 6) is -0.200. The molecule has 0 aliphatic carbocycles. The molecule has 0 fully saturated rings. The van der Waals surface area contributed by atoms with Gasteiger partial charge in [0.25, 0.3) is 0 Å². The molecule has 0 amide bonds. The minimum absolute atomic E-state index is 0.312. The maximum atomic E-state index is 10.9. The van der Waals surface area contributed by atoms with Gasteiger partial charge in [0, 0.05) is 6.20 Å². The molecule has 0 aliphatic rings. The van der Waals surface area contributed by atoms with Gasteiger partial charge in [-0.2, -0.15) is 5.10 Å². The maximum Gasteiger partial charge on any atom is 0.335 e. The monoisotopic (exact) mass is 323 g/mol. The van der Waals surface area contributed by atoms with E-state index in [4.69, 9.17) is 9.84 Å².